The van der Waals surface area contributed by atoms with Crippen LogP contribution in [0.15, 0.2) is 0 Å². The molecule has 0 saturated heterocycles. The highest BCUT2D eigenvalue weighted by Crippen LogP contribution is 2.22. The summed E-state index contributed by atoms with van der Waals surface area (Å²) < 4.78 is 0. The van der Waals surface area contributed by atoms with Gasteiger partial charge in [-0.1, -0.05) is 81.6 Å². The van der Waals surface area contributed by atoms with E-state index in [4.69, 9.17) is 5.11 Å². The number of aliphatic hydroxyl groups is 1. The van der Waals surface area contributed by atoms with E-state index in [1.807, 2.05) is 0 Å². The molecular weight excluding hydrogens is 232 g/mol. The van der Waals surface area contributed by atoms with Crippen molar-refractivity contribution in [2.75, 3.05) is 6.61 Å². The normalized spacial score (nSPS) is 11.4. The first-order valence-electron chi connectivity index (χ1n) is 7.73. The Morgan fingerprint density at radius 3 is 1.32 bits per heavy atom. The summed E-state index contributed by atoms with van der Waals surface area (Å²) in [6.07, 6.45) is 8.85. The van der Waals surface area contributed by atoms with Gasteiger partial charge in [0.2, 0.25) is 0 Å². The van der Waals surface area contributed by atoms with Gasteiger partial charge in [0.05, 0.1) is 0 Å². The van der Waals surface area contributed by atoms with E-state index >= 15 is 0 Å². The van der Waals surface area contributed by atoms with E-state index in [-0.39, 0.29) is 7.43 Å². The Balaban J connectivity index is -0.000000256. The third-order valence-corrected chi connectivity index (χ3v) is 2.87. The Hall–Kier alpha value is -0.0400. The molecule has 0 saturated carbocycles. The maximum absolute atomic E-state index is 8.46. The topological polar surface area (TPSA) is 20.2 Å². The summed E-state index contributed by atoms with van der Waals surface area (Å²) in [5.74, 6) is 0. The average Bonchev–Trinajstić information content (AvgIpc) is 2.16. The van der Waals surface area contributed by atoms with Crippen molar-refractivity contribution in [1.82, 2.24) is 0 Å². The molecule has 1 N–H and O–H groups in total. The second kappa shape index (κ2) is 13.0. The van der Waals surface area contributed by atoms with E-state index in [9.17, 15) is 0 Å². The van der Waals surface area contributed by atoms with Crippen LogP contribution in [0.1, 0.15) is 101 Å². The van der Waals surface area contributed by atoms with Gasteiger partial charge in [-0.3, -0.25) is 0 Å². The fourth-order valence-electron chi connectivity index (χ4n) is 1.67. The predicted molar refractivity (Wildman–Crippen MR) is 90.7 cm³/mol. The van der Waals surface area contributed by atoms with E-state index < -0.39 is 0 Å². The molecule has 0 aromatic carbocycles. The van der Waals surface area contributed by atoms with Crippen molar-refractivity contribution in [2.45, 2.75) is 101 Å². The van der Waals surface area contributed by atoms with Crippen molar-refractivity contribution in [1.29, 1.82) is 0 Å². The summed E-state index contributed by atoms with van der Waals surface area (Å²) in [6, 6.07) is 0. The number of rotatable bonds is 6. The molecule has 0 aliphatic carbocycles. The summed E-state index contributed by atoms with van der Waals surface area (Å²) in [6.45, 7) is 16.2. The Bertz CT molecular complexity index is 140. The molecule has 0 unspecified atom stereocenters. The van der Waals surface area contributed by atoms with Crippen molar-refractivity contribution in [2.24, 2.45) is 10.8 Å². The van der Waals surface area contributed by atoms with Crippen molar-refractivity contribution < 1.29 is 5.11 Å². The summed E-state index contributed by atoms with van der Waals surface area (Å²) >= 11 is 0. The van der Waals surface area contributed by atoms with E-state index in [1.54, 1.807) is 0 Å². The minimum Gasteiger partial charge on any atom is -0.396 e. The first-order valence-corrected chi connectivity index (χ1v) is 7.73. The zero-order valence-corrected chi connectivity index (χ0v) is 14.1. The molecule has 0 aliphatic heterocycles. The molecule has 0 aliphatic rings. The zero-order valence-electron chi connectivity index (χ0n) is 14.1. The predicted octanol–water partition coefficient (Wildman–Crippen LogP) is 6.44. The van der Waals surface area contributed by atoms with Gasteiger partial charge in [0.1, 0.15) is 0 Å². The van der Waals surface area contributed by atoms with Crippen LogP contribution in [-0.4, -0.2) is 11.7 Å². The summed E-state index contributed by atoms with van der Waals surface area (Å²) in [5, 5.41) is 8.46. The Morgan fingerprint density at radius 1 is 0.684 bits per heavy atom. The highest BCUT2D eigenvalue weighted by Gasteiger charge is 2.08. The molecule has 0 rings (SSSR count). The van der Waals surface area contributed by atoms with Gasteiger partial charge in [-0.15, -0.1) is 0 Å². The molecule has 0 heterocycles. The quantitative estimate of drug-likeness (QED) is 0.552. The van der Waals surface area contributed by atoms with Gasteiger partial charge in [0.15, 0.2) is 0 Å². The lowest BCUT2D eigenvalue weighted by molar-refractivity contribution is 0.267. The van der Waals surface area contributed by atoms with Gasteiger partial charge >= 0.3 is 0 Å². The van der Waals surface area contributed by atoms with Crippen molar-refractivity contribution in [3.8, 4) is 0 Å². The van der Waals surface area contributed by atoms with E-state index in [0.717, 1.165) is 12.8 Å². The van der Waals surface area contributed by atoms with E-state index in [1.165, 1.54) is 32.1 Å². The number of aliphatic hydroxyl groups excluding tert-OH is 1. The molecule has 0 fully saturated rings. The summed E-state index contributed by atoms with van der Waals surface area (Å²) in [5.41, 5.74) is 0.990. The second-order valence-corrected chi connectivity index (χ2v) is 7.76. The smallest absolute Gasteiger partial charge is 0.0431 e. The first-order chi connectivity index (χ1) is 8.12. The molecule has 0 radical (unpaired) electrons. The third-order valence-electron chi connectivity index (χ3n) is 2.87. The Morgan fingerprint density at radius 2 is 1.05 bits per heavy atom. The highest BCUT2D eigenvalue weighted by atomic mass is 16.2. The minimum absolute atomic E-state index is 0. The molecule has 19 heavy (non-hydrogen) atoms. The van der Waals surface area contributed by atoms with E-state index in [0.29, 0.717) is 17.4 Å². The molecule has 0 atom stereocenters. The lowest BCUT2D eigenvalue weighted by Crippen LogP contribution is -2.04. The van der Waals surface area contributed by atoms with Crippen molar-refractivity contribution >= 4 is 0 Å². The van der Waals surface area contributed by atoms with Gasteiger partial charge in [0, 0.05) is 6.61 Å². The van der Waals surface area contributed by atoms with Crippen molar-refractivity contribution in [3.63, 3.8) is 0 Å². The van der Waals surface area contributed by atoms with E-state index in [2.05, 4.69) is 48.5 Å². The van der Waals surface area contributed by atoms with Crippen LogP contribution in [-0.2, 0) is 0 Å². The van der Waals surface area contributed by atoms with Crippen LogP contribution in [0.3, 0.4) is 0 Å². The van der Waals surface area contributed by atoms with Crippen LogP contribution in [0, 0.1) is 10.8 Å². The second-order valence-electron chi connectivity index (χ2n) is 7.76. The fraction of sp³-hybridized carbons (Fsp3) is 1.00. The van der Waals surface area contributed by atoms with Gasteiger partial charge in [-0.05, 0) is 30.1 Å². The van der Waals surface area contributed by atoms with Crippen molar-refractivity contribution in [3.05, 3.63) is 0 Å². The molecule has 0 bridgehead atoms. The van der Waals surface area contributed by atoms with Gasteiger partial charge < -0.3 is 5.11 Å². The Kier molecular flexibility index (Phi) is 16.4. The van der Waals surface area contributed by atoms with Crippen LogP contribution in [0.25, 0.3) is 0 Å². The minimum atomic E-state index is 0. The fourth-order valence-corrected chi connectivity index (χ4v) is 1.67. The van der Waals surface area contributed by atoms with Crippen LogP contribution < -0.4 is 0 Å². The summed E-state index contributed by atoms with van der Waals surface area (Å²) in [7, 11) is 0. The molecule has 120 valence electrons. The van der Waals surface area contributed by atoms with Crippen LogP contribution in [0.2, 0.25) is 0 Å². The SMILES string of the molecule is C.CC(C)(C)CCCCO.CCCCCC(C)(C)C. The van der Waals surface area contributed by atoms with Gasteiger partial charge in [0.25, 0.3) is 0 Å². The Labute approximate surface area is 124 Å². The molecule has 0 amide bonds. The number of unbranched alkanes of at least 4 members (excludes halogenated alkanes) is 3. The number of hydrogen-bond donors (Lipinski definition) is 1. The third kappa shape index (κ3) is 32.0. The standard InChI is InChI=1S/C9H20.C8H18O.CH4/c1-5-6-7-8-9(2,3)4;1-8(2,3)6-4-5-7-9;/h5-8H2,1-4H3;9H,4-7H2,1-3H3;1H4. The van der Waals surface area contributed by atoms with Gasteiger partial charge in [-0.25, -0.2) is 0 Å². The number of hydrogen-bond acceptors (Lipinski definition) is 1. The monoisotopic (exact) mass is 274 g/mol. The first kappa shape index (κ1) is 24.0. The molecule has 0 spiro atoms. The summed E-state index contributed by atoms with van der Waals surface area (Å²) in [4.78, 5) is 0. The largest absolute Gasteiger partial charge is 0.396 e. The maximum Gasteiger partial charge on any atom is 0.0431 e. The van der Waals surface area contributed by atoms with Crippen LogP contribution in [0.5, 0.6) is 0 Å². The molecule has 1 heteroatoms. The van der Waals surface area contributed by atoms with Gasteiger partial charge in [-0.2, -0.15) is 0 Å². The molecule has 0 aromatic heterocycles. The molecular formula is C18H42O. The zero-order chi connectivity index (χ0) is 14.7. The highest BCUT2D eigenvalue weighted by molar-refractivity contribution is 4.60. The average molecular weight is 275 g/mol. The maximum atomic E-state index is 8.46. The lowest BCUT2D eigenvalue weighted by atomic mass is 9.90. The molecule has 0 aromatic rings. The lowest BCUT2D eigenvalue weighted by Gasteiger charge is -2.16. The van der Waals surface area contributed by atoms with Crippen LogP contribution in [0.4, 0.5) is 0 Å². The molecule has 1 nitrogen and oxygen atoms in total. The van der Waals surface area contributed by atoms with Crippen LogP contribution >= 0.6 is 0 Å².